The molecule has 0 fully saturated rings. The van der Waals surface area contributed by atoms with E-state index in [1.807, 2.05) is 31.2 Å². The van der Waals surface area contributed by atoms with Gasteiger partial charge in [-0.2, -0.15) is 0 Å². The van der Waals surface area contributed by atoms with Gasteiger partial charge in [0.2, 0.25) is 0 Å². The largest absolute Gasteiger partial charge is 0.497 e. The number of rotatable bonds is 5. The Labute approximate surface area is 112 Å². The number of hydrogen-bond acceptors (Lipinski definition) is 6. The lowest BCUT2D eigenvalue weighted by Gasteiger charge is -2.12. The standard InChI is InChI=1S/C13H17N5O/c1-3-15-12-11(14)13(17-8-16-12)18-9-5-4-6-10(7-9)19-2/h4-8H,3,14H2,1-2H3,(H2,15,16,17,18). The van der Waals surface area contributed by atoms with Gasteiger partial charge in [-0.1, -0.05) is 6.07 Å². The third-order valence-corrected chi connectivity index (χ3v) is 2.56. The molecule has 0 radical (unpaired) electrons. The van der Waals surface area contributed by atoms with Crippen LogP contribution in [0.3, 0.4) is 0 Å². The summed E-state index contributed by atoms with van der Waals surface area (Å²) in [6.45, 7) is 2.73. The maximum atomic E-state index is 6.01. The number of nitrogens with one attached hydrogen (secondary N) is 2. The fraction of sp³-hybridized carbons (Fsp3) is 0.231. The third kappa shape index (κ3) is 3.04. The van der Waals surface area contributed by atoms with Crippen LogP contribution in [0.25, 0.3) is 0 Å². The Morgan fingerprint density at radius 1 is 1.26 bits per heavy atom. The van der Waals surface area contributed by atoms with Crippen molar-refractivity contribution in [3.8, 4) is 5.75 Å². The van der Waals surface area contributed by atoms with Crippen molar-refractivity contribution in [1.82, 2.24) is 9.97 Å². The molecule has 1 aromatic heterocycles. The Bertz CT molecular complexity index is 558. The fourth-order valence-corrected chi connectivity index (χ4v) is 1.64. The molecule has 1 aromatic carbocycles. The van der Waals surface area contributed by atoms with E-state index >= 15 is 0 Å². The first-order valence-corrected chi connectivity index (χ1v) is 6.00. The number of anilines is 4. The second-order valence-corrected chi connectivity index (χ2v) is 3.87. The summed E-state index contributed by atoms with van der Waals surface area (Å²) in [5, 5.41) is 6.23. The number of nitrogens with zero attached hydrogens (tertiary/aromatic N) is 2. The van der Waals surface area contributed by atoms with Crippen LogP contribution < -0.4 is 21.1 Å². The molecule has 2 aromatic rings. The highest BCUT2D eigenvalue weighted by Gasteiger charge is 2.07. The number of aromatic nitrogens is 2. The van der Waals surface area contributed by atoms with E-state index in [0.717, 1.165) is 18.0 Å². The van der Waals surface area contributed by atoms with E-state index in [2.05, 4.69) is 20.6 Å². The molecule has 0 aliphatic rings. The molecular formula is C13H17N5O. The number of benzene rings is 1. The first-order chi connectivity index (χ1) is 9.24. The van der Waals surface area contributed by atoms with Crippen molar-refractivity contribution in [3.63, 3.8) is 0 Å². The number of ether oxygens (including phenoxy) is 1. The van der Waals surface area contributed by atoms with Gasteiger partial charge in [-0.05, 0) is 19.1 Å². The van der Waals surface area contributed by atoms with Gasteiger partial charge in [0, 0.05) is 18.3 Å². The summed E-state index contributed by atoms with van der Waals surface area (Å²) in [6, 6.07) is 7.55. The van der Waals surface area contributed by atoms with Crippen molar-refractivity contribution in [1.29, 1.82) is 0 Å². The molecule has 0 amide bonds. The first-order valence-electron chi connectivity index (χ1n) is 6.00. The van der Waals surface area contributed by atoms with Crippen LogP contribution in [0.5, 0.6) is 5.75 Å². The molecule has 4 N–H and O–H groups in total. The molecule has 0 bridgehead atoms. The topological polar surface area (TPSA) is 85.1 Å². The van der Waals surface area contributed by atoms with Crippen LogP contribution in [-0.2, 0) is 0 Å². The summed E-state index contributed by atoms with van der Waals surface area (Å²) in [5.74, 6) is 1.96. The Hall–Kier alpha value is -2.50. The Balaban J connectivity index is 2.25. The summed E-state index contributed by atoms with van der Waals surface area (Å²) in [6.07, 6.45) is 1.47. The van der Waals surface area contributed by atoms with Crippen molar-refractivity contribution in [2.24, 2.45) is 0 Å². The van der Waals surface area contributed by atoms with Gasteiger partial charge in [0.1, 0.15) is 17.8 Å². The highest BCUT2D eigenvalue weighted by atomic mass is 16.5. The average molecular weight is 259 g/mol. The minimum absolute atomic E-state index is 0.493. The molecule has 0 saturated heterocycles. The fourth-order valence-electron chi connectivity index (χ4n) is 1.64. The number of methoxy groups -OCH3 is 1. The molecule has 100 valence electrons. The van der Waals surface area contributed by atoms with Crippen LogP contribution in [0.4, 0.5) is 23.0 Å². The molecule has 6 nitrogen and oxygen atoms in total. The molecule has 0 spiro atoms. The van der Waals surface area contributed by atoms with Gasteiger partial charge in [0.15, 0.2) is 11.6 Å². The SMILES string of the molecule is CCNc1ncnc(Nc2cccc(OC)c2)c1N. The van der Waals surface area contributed by atoms with Crippen LogP contribution in [0.2, 0.25) is 0 Å². The van der Waals surface area contributed by atoms with Crippen molar-refractivity contribution in [3.05, 3.63) is 30.6 Å². The van der Waals surface area contributed by atoms with Crippen molar-refractivity contribution >= 4 is 23.0 Å². The van der Waals surface area contributed by atoms with Crippen molar-refractivity contribution in [2.45, 2.75) is 6.92 Å². The van der Waals surface area contributed by atoms with Gasteiger partial charge in [0.05, 0.1) is 7.11 Å². The zero-order chi connectivity index (χ0) is 13.7. The van der Waals surface area contributed by atoms with Crippen LogP contribution in [-0.4, -0.2) is 23.6 Å². The molecular weight excluding hydrogens is 242 g/mol. The monoisotopic (exact) mass is 259 g/mol. The van der Waals surface area contributed by atoms with Crippen LogP contribution >= 0.6 is 0 Å². The highest BCUT2D eigenvalue weighted by molar-refractivity contribution is 5.77. The lowest BCUT2D eigenvalue weighted by atomic mass is 10.3. The zero-order valence-corrected chi connectivity index (χ0v) is 11.0. The van der Waals surface area contributed by atoms with Crippen molar-refractivity contribution < 1.29 is 4.74 Å². The van der Waals surface area contributed by atoms with Gasteiger partial charge in [0.25, 0.3) is 0 Å². The van der Waals surface area contributed by atoms with Gasteiger partial charge in [-0.3, -0.25) is 0 Å². The number of hydrogen-bond donors (Lipinski definition) is 3. The maximum absolute atomic E-state index is 6.01. The highest BCUT2D eigenvalue weighted by Crippen LogP contribution is 2.26. The van der Waals surface area contributed by atoms with Gasteiger partial charge in [-0.25, -0.2) is 9.97 Å². The van der Waals surface area contributed by atoms with E-state index in [1.54, 1.807) is 7.11 Å². The summed E-state index contributed by atoms with van der Waals surface area (Å²) in [4.78, 5) is 8.24. The maximum Gasteiger partial charge on any atom is 0.159 e. The molecule has 0 aliphatic heterocycles. The second kappa shape index (κ2) is 5.90. The first kappa shape index (κ1) is 12.9. The molecule has 2 rings (SSSR count). The molecule has 0 saturated carbocycles. The van der Waals surface area contributed by atoms with Crippen LogP contribution in [0.15, 0.2) is 30.6 Å². The molecule has 1 heterocycles. The van der Waals surface area contributed by atoms with E-state index in [9.17, 15) is 0 Å². The Kier molecular flexibility index (Phi) is 4.02. The van der Waals surface area contributed by atoms with E-state index < -0.39 is 0 Å². The summed E-state index contributed by atoms with van der Waals surface area (Å²) < 4.78 is 5.17. The summed E-state index contributed by atoms with van der Waals surface area (Å²) in [7, 11) is 1.63. The summed E-state index contributed by atoms with van der Waals surface area (Å²) >= 11 is 0. The normalized spacial score (nSPS) is 10.0. The Morgan fingerprint density at radius 3 is 2.79 bits per heavy atom. The zero-order valence-electron chi connectivity index (χ0n) is 11.0. The molecule has 0 unspecified atom stereocenters. The van der Waals surface area contributed by atoms with E-state index in [1.165, 1.54) is 6.33 Å². The predicted octanol–water partition coefficient (Wildman–Crippen LogP) is 2.24. The smallest absolute Gasteiger partial charge is 0.159 e. The number of nitrogens with two attached hydrogens (primary N) is 1. The lowest BCUT2D eigenvalue weighted by molar-refractivity contribution is 0.415. The predicted molar refractivity (Wildman–Crippen MR) is 76.9 cm³/mol. The minimum Gasteiger partial charge on any atom is -0.497 e. The molecule has 0 atom stereocenters. The van der Waals surface area contributed by atoms with E-state index in [4.69, 9.17) is 10.5 Å². The van der Waals surface area contributed by atoms with Gasteiger partial charge >= 0.3 is 0 Å². The van der Waals surface area contributed by atoms with Gasteiger partial charge in [-0.15, -0.1) is 0 Å². The second-order valence-electron chi connectivity index (χ2n) is 3.87. The van der Waals surface area contributed by atoms with Crippen LogP contribution in [0, 0.1) is 0 Å². The number of nitrogen functional groups attached to an aromatic ring is 1. The van der Waals surface area contributed by atoms with E-state index in [-0.39, 0.29) is 0 Å². The third-order valence-electron chi connectivity index (χ3n) is 2.56. The van der Waals surface area contributed by atoms with E-state index in [0.29, 0.717) is 17.3 Å². The van der Waals surface area contributed by atoms with Crippen LogP contribution in [0.1, 0.15) is 6.92 Å². The van der Waals surface area contributed by atoms with Gasteiger partial charge < -0.3 is 21.1 Å². The minimum atomic E-state index is 0.493. The Morgan fingerprint density at radius 2 is 2.05 bits per heavy atom. The van der Waals surface area contributed by atoms with Crippen molar-refractivity contribution in [2.75, 3.05) is 30.0 Å². The molecule has 6 heteroatoms. The lowest BCUT2D eigenvalue weighted by Crippen LogP contribution is -2.07. The average Bonchev–Trinajstić information content (AvgIpc) is 2.44. The summed E-state index contributed by atoms with van der Waals surface area (Å²) in [5.41, 5.74) is 7.35. The quantitative estimate of drug-likeness (QED) is 0.763. The molecule has 19 heavy (non-hydrogen) atoms. The molecule has 0 aliphatic carbocycles.